The summed E-state index contributed by atoms with van der Waals surface area (Å²) in [7, 11) is 0. The summed E-state index contributed by atoms with van der Waals surface area (Å²) in [4.78, 5) is 18.6. The minimum atomic E-state index is -0.662. The van der Waals surface area contributed by atoms with E-state index in [9.17, 15) is 14.3 Å². The van der Waals surface area contributed by atoms with Crippen molar-refractivity contribution in [3.63, 3.8) is 0 Å². The van der Waals surface area contributed by atoms with Gasteiger partial charge in [0.1, 0.15) is 18.2 Å². The van der Waals surface area contributed by atoms with Gasteiger partial charge in [-0.15, -0.1) is 11.3 Å². The quantitative estimate of drug-likeness (QED) is 0.531. The van der Waals surface area contributed by atoms with Crippen molar-refractivity contribution in [1.29, 1.82) is 0 Å². The van der Waals surface area contributed by atoms with Crippen molar-refractivity contribution < 1.29 is 23.8 Å². The third kappa shape index (κ3) is 7.24. The molecule has 2 heterocycles. The standard InChI is InChI=1S/C25H35FN2O4S/c1-17(2)27(13-20(29)15-31-18(3)4)14-25(30)28-11-9-24-22(10-12-33-24)23(28)16-32-21-7-5-19(26)6-8-21/h5-8,10,12,17-18,20,23,29H,9,11,13-16H2,1-4H3/t20-,23+/m0/s1. The van der Waals surface area contributed by atoms with Crippen molar-refractivity contribution in [2.75, 3.05) is 32.8 Å². The number of nitrogens with zero attached hydrogens (tertiary/aromatic N) is 2. The summed E-state index contributed by atoms with van der Waals surface area (Å²) >= 11 is 1.70. The van der Waals surface area contributed by atoms with Gasteiger partial charge in [-0.1, -0.05) is 0 Å². The van der Waals surface area contributed by atoms with Gasteiger partial charge in [0.25, 0.3) is 0 Å². The van der Waals surface area contributed by atoms with Crippen molar-refractivity contribution in [3.8, 4) is 5.75 Å². The second-order valence-corrected chi connectivity index (χ2v) is 9.98. The molecule has 1 aliphatic rings. The molecule has 0 unspecified atom stereocenters. The fourth-order valence-electron chi connectivity index (χ4n) is 3.93. The number of aliphatic hydroxyl groups excluding tert-OH is 1. The first-order valence-electron chi connectivity index (χ1n) is 11.5. The number of amides is 1. The number of aliphatic hydroxyl groups is 1. The summed E-state index contributed by atoms with van der Waals surface area (Å²) in [5.41, 5.74) is 1.11. The lowest BCUT2D eigenvalue weighted by molar-refractivity contribution is -0.137. The summed E-state index contributed by atoms with van der Waals surface area (Å²) in [6.45, 7) is 9.64. The van der Waals surface area contributed by atoms with Gasteiger partial charge in [0.2, 0.25) is 5.91 Å². The minimum Gasteiger partial charge on any atom is -0.491 e. The summed E-state index contributed by atoms with van der Waals surface area (Å²) in [5.74, 6) is 0.264. The molecule has 1 N–H and O–H groups in total. The lowest BCUT2D eigenvalue weighted by Crippen LogP contribution is -2.49. The Morgan fingerprint density at radius 3 is 2.64 bits per heavy atom. The zero-order valence-electron chi connectivity index (χ0n) is 19.9. The molecule has 2 atom stereocenters. The second-order valence-electron chi connectivity index (χ2n) is 8.98. The smallest absolute Gasteiger partial charge is 0.237 e. The van der Waals surface area contributed by atoms with Crippen LogP contribution in [0.1, 0.15) is 44.2 Å². The second kappa shape index (κ2) is 11.9. The predicted octanol–water partition coefficient (Wildman–Crippen LogP) is 3.89. The summed E-state index contributed by atoms with van der Waals surface area (Å²) in [6, 6.07) is 7.87. The van der Waals surface area contributed by atoms with Crippen LogP contribution in [0, 0.1) is 5.82 Å². The molecule has 0 saturated heterocycles. The first-order valence-corrected chi connectivity index (χ1v) is 12.4. The van der Waals surface area contributed by atoms with Crippen LogP contribution in [0.15, 0.2) is 35.7 Å². The Bertz CT molecular complexity index is 887. The van der Waals surface area contributed by atoms with Crippen LogP contribution in [0.3, 0.4) is 0 Å². The summed E-state index contributed by atoms with van der Waals surface area (Å²) < 4.78 is 24.7. The van der Waals surface area contributed by atoms with Crippen LogP contribution in [0.4, 0.5) is 4.39 Å². The molecule has 182 valence electrons. The van der Waals surface area contributed by atoms with Gasteiger partial charge in [-0.3, -0.25) is 9.69 Å². The van der Waals surface area contributed by atoms with E-state index in [1.54, 1.807) is 23.5 Å². The lowest BCUT2D eigenvalue weighted by Gasteiger charge is -2.38. The maximum absolute atomic E-state index is 13.4. The van der Waals surface area contributed by atoms with E-state index >= 15 is 0 Å². The number of hydrogen-bond acceptors (Lipinski definition) is 6. The van der Waals surface area contributed by atoms with Gasteiger partial charge in [-0.25, -0.2) is 4.39 Å². The molecule has 8 heteroatoms. The molecule has 1 aliphatic heterocycles. The molecule has 1 aromatic carbocycles. The summed E-state index contributed by atoms with van der Waals surface area (Å²) in [5, 5.41) is 12.4. The molecular weight excluding hydrogens is 443 g/mol. The number of carbonyl (C=O) groups is 1. The third-order valence-corrected chi connectivity index (χ3v) is 6.77. The highest BCUT2D eigenvalue weighted by atomic mass is 32.1. The molecule has 0 fully saturated rings. The summed E-state index contributed by atoms with van der Waals surface area (Å²) in [6.07, 6.45) is 0.201. The molecule has 0 radical (unpaired) electrons. The van der Waals surface area contributed by atoms with Crippen molar-refractivity contribution in [3.05, 3.63) is 52.0 Å². The number of thiophene rings is 1. The van der Waals surface area contributed by atoms with E-state index in [1.165, 1.54) is 17.0 Å². The zero-order valence-corrected chi connectivity index (χ0v) is 20.7. The van der Waals surface area contributed by atoms with Gasteiger partial charge in [0.05, 0.1) is 31.4 Å². The number of ether oxygens (including phenoxy) is 2. The van der Waals surface area contributed by atoms with Crippen LogP contribution in [-0.2, 0) is 16.0 Å². The van der Waals surface area contributed by atoms with Crippen LogP contribution in [0.25, 0.3) is 0 Å². The first-order chi connectivity index (χ1) is 15.7. The number of fused-ring (bicyclic) bond motifs is 1. The largest absolute Gasteiger partial charge is 0.491 e. The fraction of sp³-hybridized carbons (Fsp3) is 0.560. The molecule has 33 heavy (non-hydrogen) atoms. The average molecular weight is 479 g/mol. The molecule has 2 aromatic rings. The highest BCUT2D eigenvalue weighted by Gasteiger charge is 2.33. The fourth-order valence-corrected chi connectivity index (χ4v) is 4.86. The highest BCUT2D eigenvalue weighted by molar-refractivity contribution is 7.10. The monoisotopic (exact) mass is 478 g/mol. The number of hydrogen-bond donors (Lipinski definition) is 1. The Balaban J connectivity index is 1.68. The van der Waals surface area contributed by atoms with Gasteiger partial charge in [-0.2, -0.15) is 0 Å². The van der Waals surface area contributed by atoms with E-state index in [2.05, 4.69) is 11.4 Å². The lowest BCUT2D eigenvalue weighted by atomic mass is 10.00. The Labute approximate surface area is 199 Å². The van der Waals surface area contributed by atoms with Crippen molar-refractivity contribution >= 4 is 17.2 Å². The van der Waals surface area contributed by atoms with E-state index in [-0.39, 0.29) is 43.1 Å². The van der Waals surface area contributed by atoms with E-state index in [0.29, 0.717) is 25.4 Å². The Morgan fingerprint density at radius 1 is 1.24 bits per heavy atom. The zero-order chi connectivity index (χ0) is 24.0. The number of carbonyl (C=O) groups excluding carboxylic acids is 1. The van der Waals surface area contributed by atoms with E-state index < -0.39 is 6.10 Å². The molecular formula is C25H35FN2O4S. The molecule has 6 nitrogen and oxygen atoms in total. The molecule has 0 aliphatic carbocycles. The van der Waals surface area contributed by atoms with Gasteiger partial charge < -0.3 is 19.5 Å². The van der Waals surface area contributed by atoms with Crippen LogP contribution in [0.2, 0.25) is 0 Å². The first kappa shape index (κ1) is 25.6. The highest BCUT2D eigenvalue weighted by Crippen LogP contribution is 2.34. The molecule has 0 spiro atoms. The van der Waals surface area contributed by atoms with Gasteiger partial charge in [0, 0.05) is 24.0 Å². The van der Waals surface area contributed by atoms with Crippen LogP contribution in [0.5, 0.6) is 5.75 Å². The third-order valence-electron chi connectivity index (χ3n) is 5.77. The molecule has 0 saturated carbocycles. The Hall–Kier alpha value is -2.00. The maximum atomic E-state index is 13.4. The average Bonchev–Trinajstić information content (AvgIpc) is 3.25. The SMILES string of the molecule is CC(C)OC[C@@H](O)CN(CC(=O)N1CCc2sccc2[C@H]1COc1ccc(F)cc1)C(C)C. The molecule has 1 amide bonds. The predicted molar refractivity (Wildman–Crippen MR) is 128 cm³/mol. The number of benzene rings is 1. The Morgan fingerprint density at radius 2 is 1.97 bits per heavy atom. The van der Waals surface area contributed by atoms with E-state index in [0.717, 1.165) is 12.0 Å². The minimum absolute atomic E-state index is 0.00485. The van der Waals surface area contributed by atoms with Crippen LogP contribution >= 0.6 is 11.3 Å². The normalized spacial score (nSPS) is 17.0. The maximum Gasteiger partial charge on any atom is 0.237 e. The number of halogens is 1. The van der Waals surface area contributed by atoms with Crippen LogP contribution in [-0.4, -0.2) is 71.9 Å². The van der Waals surface area contributed by atoms with E-state index in [4.69, 9.17) is 9.47 Å². The topological polar surface area (TPSA) is 62.2 Å². The van der Waals surface area contributed by atoms with Crippen LogP contribution < -0.4 is 4.74 Å². The molecule has 1 aromatic heterocycles. The van der Waals surface area contributed by atoms with Gasteiger partial charge in [-0.05, 0) is 75.4 Å². The van der Waals surface area contributed by atoms with Crippen molar-refractivity contribution in [1.82, 2.24) is 9.80 Å². The van der Waals surface area contributed by atoms with E-state index in [1.807, 2.05) is 37.5 Å². The number of rotatable bonds is 11. The molecule has 3 rings (SSSR count). The Kier molecular flexibility index (Phi) is 9.26. The van der Waals surface area contributed by atoms with Crippen molar-refractivity contribution in [2.45, 2.75) is 58.4 Å². The van der Waals surface area contributed by atoms with Gasteiger partial charge in [0.15, 0.2) is 0 Å². The van der Waals surface area contributed by atoms with Crippen molar-refractivity contribution in [2.24, 2.45) is 0 Å². The van der Waals surface area contributed by atoms with Gasteiger partial charge >= 0.3 is 0 Å². The molecule has 0 bridgehead atoms.